The standard InChI is InChI=1S/C11H13ClN2O4/c1-7(2-5-11(15)16)13-10-6-8(14(17)18)3-4-9(10)12/h3-4,6-7,13H,2,5H2,1H3,(H,15,16). The quantitative estimate of drug-likeness (QED) is 0.613. The Morgan fingerprint density at radius 3 is 2.83 bits per heavy atom. The maximum Gasteiger partial charge on any atom is 0.303 e. The Balaban J connectivity index is 2.73. The van der Waals surface area contributed by atoms with Gasteiger partial charge in [0.05, 0.1) is 15.6 Å². The highest BCUT2D eigenvalue weighted by Gasteiger charge is 2.12. The van der Waals surface area contributed by atoms with Gasteiger partial charge in [-0.3, -0.25) is 14.9 Å². The summed E-state index contributed by atoms with van der Waals surface area (Å²) in [5.41, 5.74) is 0.371. The van der Waals surface area contributed by atoms with Crippen LogP contribution in [0.5, 0.6) is 0 Å². The van der Waals surface area contributed by atoms with Crippen molar-refractivity contribution in [2.24, 2.45) is 0 Å². The van der Waals surface area contributed by atoms with Gasteiger partial charge in [-0.25, -0.2) is 0 Å². The molecule has 0 spiro atoms. The van der Waals surface area contributed by atoms with E-state index < -0.39 is 10.9 Å². The van der Waals surface area contributed by atoms with Crippen molar-refractivity contribution < 1.29 is 14.8 Å². The Kier molecular flexibility index (Phi) is 4.91. The second-order valence-corrected chi connectivity index (χ2v) is 4.31. The van der Waals surface area contributed by atoms with E-state index in [0.29, 0.717) is 17.1 Å². The van der Waals surface area contributed by atoms with Crippen molar-refractivity contribution in [1.82, 2.24) is 0 Å². The molecule has 1 unspecified atom stereocenters. The SMILES string of the molecule is CC(CCC(=O)O)Nc1cc([N+](=O)[O-])ccc1Cl. The van der Waals surface area contributed by atoms with Crippen LogP contribution < -0.4 is 5.32 Å². The van der Waals surface area contributed by atoms with Crippen molar-refractivity contribution in [2.75, 3.05) is 5.32 Å². The first-order chi connectivity index (χ1) is 8.40. The summed E-state index contributed by atoms with van der Waals surface area (Å²) < 4.78 is 0. The molecule has 1 atom stereocenters. The Morgan fingerprint density at radius 2 is 2.28 bits per heavy atom. The van der Waals surface area contributed by atoms with Gasteiger partial charge in [0, 0.05) is 24.6 Å². The molecule has 0 amide bonds. The number of hydrogen-bond donors (Lipinski definition) is 2. The zero-order chi connectivity index (χ0) is 13.7. The molecule has 0 aliphatic carbocycles. The van der Waals surface area contributed by atoms with Crippen LogP contribution in [-0.2, 0) is 4.79 Å². The molecule has 0 fully saturated rings. The van der Waals surface area contributed by atoms with Gasteiger partial charge in [0.25, 0.3) is 5.69 Å². The fraction of sp³-hybridized carbons (Fsp3) is 0.364. The van der Waals surface area contributed by atoms with Crippen LogP contribution in [-0.4, -0.2) is 22.0 Å². The van der Waals surface area contributed by atoms with Crippen LogP contribution in [0.2, 0.25) is 5.02 Å². The minimum absolute atomic E-state index is 0.0285. The van der Waals surface area contributed by atoms with E-state index in [0.717, 1.165) is 0 Å². The molecule has 1 aromatic carbocycles. The molecule has 0 aliphatic rings. The number of rotatable bonds is 6. The van der Waals surface area contributed by atoms with E-state index in [1.807, 2.05) is 0 Å². The van der Waals surface area contributed by atoms with E-state index in [1.54, 1.807) is 6.92 Å². The fourth-order valence-corrected chi connectivity index (χ4v) is 1.59. The number of anilines is 1. The summed E-state index contributed by atoms with van der Waals surface area (Å²) in [4.78, 5) is 20.5. The lowest BCUT2D eigenvalue weighted by molar-refractivity contribution is -0.384. The first-order valence-electron chi connectivity index (χ1n) is 5.32. The van der Waals surface area contributed by atoms with Crippen molar-refractivity contribution in [1.29, 1.82) is 0 Å². The molecule has 18 heavy (non-hydrogen) atoms. The van der Waals surface area contributed by atoms with E-state index in [9.17, 15) is 14.9 Å². The van der Waals surface area contributed by atoms with E-state index >= 15 is 0 Å². The van der Waals surface area contributed by atoms with Crippen LogP contribution in [0.3, 0.4) is 0 Å². The summed E-state index contributed by atoms with van der Waals surface area (Å²) >= 11 is 5.91. The molecule has 1 aromatic rings. The maximum absolute atomic E-state index is 10.6. The zero-order valence-corrected chi connectivity index (χ0v) is 10.5. The second-order valence-electron chi connectivity index (χ2n) is 3.90. The first kappa shape index (κ1) is 14.2. The second kappa shape index (κ2) is 6.20. The molecule has 98 valence electrons. The molecule has 0 bridgehead atoms. The zero-order valence-electron chi connectivity index (χ0n) is 9.72. The summed E-state index contributed by atoms with van der Waals surface area (Å²) in [6.45, 7) is 1.79. The number of benzene rings is 1. The fourth-order valence-electron chi connectivity index (χ4n) is 1.42. The van der Waals surface area contributed by atoms with E-state index in [2.05, 4.69) is 5.32 Å². The largest absolute Gasteiger partial charge is 0.481 e. The molecule has 7 heteroatoms. The lowest BCUT2D eigenvalue weighted by atomic mass is 10.1. The number of nitro groups is 1. The van der Waals surface area contributed by atoms with E-state index in [-0.39, 0.29) is 18.2 Å². The number of carbonyl (C=O) groups is 1. The number of carboxylic acids is 1. The predicted octanol–water partition coefficient (Wildman–Crippen LogP) is 2.91. The maximum atomic E-state index is 10.6. The van der Waals surface area contributed by atoms with Crippen LogP contribution in [0.25, 0.3) is 0 Å². The van der Waals surface area contributed by atoms with Crippen molar-refractivity contribution in [3.63, 3.8) is 0 Å². The lowest BCUT2D eigenvalue weighted by Gasteiger charge is -2.15. The molecule has 0 aromatic heterocycles. The third-order valence-electron chi connectivity index (χ3n) is 2.35. The van der Waals surface area contributed by atoms with Crippen LogP contribution in [0.15, 0.2) is 18.2 Å². The summed E-state index contributed by atoms with van der Waals surface area (Å²) in [6.07, 6.45) is 0.440. The normalized spacial score (nSPS) is 11.9. The van der Waals surface area contributed by atoms with Crippen molar-refractivity contribution in [3.05, 3.63) is 33.3 Å². The Morgan fingerprint density at radius 1 is 1.61 bits per heavy atom. The lowest BCUT2D eigenvalue weighted by Crippen LogP contribution is -2.16. The molecule has 1 rings (SSSR count). The molecule has 0 heterocycles. The van der Waals surface area contributed by atoms with Gasteiger partial charge in [-0.15, -0.1) is 0 Å². The van der Waals surface area contributed by atoms with Gasteiger partial charge < -0.3 is 10.4 Å². The number of aliphatic carboxylic acids is 1. The van der Waals surface area contributed by atoms with Gasteiger partial charge in [-0.05, 0) is 19.4 Å². The molecule has 0 radical (unpaired) electrons. The summed E-state index contributed by atoms with van der Waals surface area (Å²) in [5, 5.41) is 22.5. The Labute approximate surface area is 109 Å². The van der Waals surface area contributed by atoms with Gasteiger partial charge in [0.1, 0.15) is 0 Å². The van der Waals surface area contributed by atoms with Crippen LogP contribution in [0.4, 0.5) is 11.4 Å². The molecule has 6 nitrogen and oxygen atoms in total. The third-order valence-corrected chi connectivity index (χ3v) is 2.68. The summed E-state index contributed by atoms with van der Waals surface area (Å²) in [7, 11) is 0. The third kappa shape index (κ3) is 4.21. The number of non-ortho nitro benzene ring substituents is 1. The summed E-state index contributed by atoms with van der Waals surface area (Å²) in [5.74, 6) is -0.881. The molecular weight excluding hydrogens is 260 g/mol. The number of hydrogen-bond acceptors (Lipinski definition) is 4. The first-order valence-corrected chi connectivity index (χ1v) is 5.70. The molecule has 0 saturated heterocycles. The Bertz CT molecular complexity index is 464. The van der Waals surface area contributed by atoms with Crippen LogP contribution in [0, 0.1) is 10.1 Å². The van der Waals surface area contributed by atoms with Gasteiger partial charge in [0.15, 0.2) is 0 Å². The number of nitrogens with zero attached hydrogens (tertiary/aromatic N) is 1. The summed E-state index contributed by atoms with van der Waals surface area (Å²) in [6, 6.07) is 3.95. The van der Waals surface area contributed by atoms with Crippen molar-refractivity contribution >= 4 is 28.9 Å². The smallest absolute Gasteiger partial charge is 0.303 e. The topological polar surface area (TPSA) is 92.5 Å². The average molecular weight is 273 g/mol. The number of halogens is 1. The van der Waals surface area contributed by atoms with Crippen LogP contribution in [0.1, 0.15) is 19.8 Å². The minimum atomic E-state index is -0.881. The van der Waals surface area contributed by atoms with E-state index in [4.69, 9.17) is 16.7 Å². The predicted molar refractivity (Wildman–Crippen MR) is 68.1 cm³/mol. The van der Waals surface area contributed by atoms with Gasteiger partial charge >= 0.3 is 5.97 Å². The highest BCUT2D eigenvalue weighted by atomic mass is 35.5. The van der Waals surface area contributed by atoms with Gasteiger partial charge in [0.2, 0.25) is 0 Å². The highest BCUT2D eigenvalue weighted by Crippen LogP contribution is 2.27. The van der Waals surface area contributed by atoms with Crippen molar-refractivity contribution in [3.8, 4) is 0 Å². The highest BCUT2D eigenvalue weighted by molar-refractivity contribution is 6.33. The van der Waals surface area contributed by atoms with E-state index in [1.165, 1.54) is 18.2 Å². The van der Waals surface area contributed by atoms with Gasteiger partial charge in [-0.2, -0.15) is 0 Å². The van der Waals surface area contributed by atoms with Gasteiger partial charge in [-0.1, -0.05) is 11.6 Å². The average Bonchev–Trinajstić information content (AvgIpc) is 2.29. The number of nitrogens with one attached hydrogen (secondary N) is 1. The van der Waals surface area contributed by atoms with Crippen LogP contribution >= 0.6 is 11.6 Å². The minimum Gasteiger partial charge on any atom is -0.481 e. The van der Waals surface area contributed by atoms with Crippen molar-refractivity contribution in [2.45, 2.75) is 25.8 Å². The monoisotopic (exact) mass is 272 g/mol. The molecule has 2 N–H and O–H groups in total. The number of carboxylic acid groups (broad SMARTS) is 1. The molecular formula is C11H13ClN2O4. The Hall–Kier alpha value is -1.82. The molecule has 0 saturated carbocycles. The molecule has 0 aliphatic heterocycles. The number of nitro benzene ring substituents is 1.